The smallest absolute Gasteiger partial charge is 0.314 e. The van der Waals surface area contributed by atoms with Crippen LogP contribution in [0.5, 0.6) is 5.75 Å². The Balaban J connectivity index is 2.04. The Kier molecular flexibility index (Phi) is 4.80. The van der Waals surface area contributed by atoms with Gasteiger partial charge in [0.2, 0.25) is 0 Å². The molecule has 3 nitrogen and oxygen atoms in total. The summed E-state index contributed by atoms with van der Waals surface area (Å²) >= 11 is 0. The lowest BCUT2D eigenvalue weighted by Gasteiger charge is -2.24. The lowest BCUT2D eigenvalue weighted by Crippen LogP contribution is -2.26. The highest BCUT2D eigenvalue weighted by Gasteiger charge is 2.30. The van der Waals surface area contributed by atoms with E-state index in [1.807, 2.05) is 0 Å². The van der Waals surface area contributed by atoms with Gasteiger partial charge in [0.15, 0.2) is 23.2 Å². The van der Waals surface area contributed by atoms with E-state index in [9.17, 15) is 23.1 Å². The Morgan fingerprint density at radius 3 is 2.19 bits per heavy atom. The van der Waals surface area contributed by atoms with Crippen molar-refractivity contribution in [3.05, 3.63) is 64.0 Å². The second-order valence-corrected chi connectivity index (χ2v) is 6.75. The first-order valence-corrected chi connectivity index (χ1v) is 8.41. The van der Waals surface area contributed by atoms with Crippen LogP contribution in [0.25, 0.3) is 0 Å². The molecule has 0 saturated carbocycles. The maximum absolute atomic E-state index is 14.9. The van der Waals surface area contributed by atoms with E-state index in [4.69, 9.17) is 4.74 Å². The molecule has 2 aromatic rings. The van der Waals surface area contributed by atoms with Crippen molar-refractivity contribution in [1.82, 2.24) is 0 Å². The summed E-state index contributed by atoms with van der Waals surface area (Å²) in [7, 11) is 0. The molecular formula is C20H19F3O3. The average molecular weight is 364 g/mol. The van der Waals surface area contributed by atoms with Crippen LogP contribution < -0.4 is 4.74 Å². The molecule has 0 aromatic heterocycles. The second kappa shape index (κ2) is 6.76. The monoisotopic (exact) mass is 364 g/mol. The van der Waals surface area contributed by atoms with Gasteiger partial charge in [0.1, 0.15) is 0 Å². The van der Waals surface area contributed by atoms with Gasteiger partial charge in [-0.2, -0.15) is 0 Å². The predicted molar refractivity (Wildman–Crippen MR) is 89.4 cm³/mol. The SMILES string of the molecule is CC1Cc2ccc(C(C)c3ccc(C(C)O)c(F)c3F)c(F)c2OC1=O. The Morgan fingerprint density at radius 2 is 1.54 bits per heavy atom. The molecule has 1 N–H and O–H groups in total. The van der Waals surface area contributed by atoms with Crippen LogP contribution in [0.2, 0.25) is 0 Å². The zero-order chi connectivity index (χ0) is 19.2. The first-order valence-electron chi connectivity index (χ1n) is 8.41. The molecule has 26 heavy (non-hydrogen) atoms. The quantitative estimate of drug-likeness (QED) is 0.648. The highest BCUT2D eigenvalue weighted by molar-refractivity contribution is 5.78. The van der Waals surface area contributed by atoms with Gasteiger partial charge in [-0.1, -0.05) is 38.1 Å². The molecule has 3 rings (SSSR count). The van der Waals surface area contributed by atoms with Crippen molar-refractivity contribution in [1.29, 1.82) is 0 Å². The van der Waals surface area contributed by atoms with Gasteiger partial charge in [0.05, 0.1) is 12.0 Å². The van der Waals surface area contributed by atoms with Crippen molar-refractivity contribution in [2.24, 2.45) is 5.92 Å². The van der Waals surface area contributed by atoms with E-state index < -0.39 is 35.4 Å². The van der Waals surface area contributed by atoms with Gasteiger partial charge >= 0.3 is 5.97 Å². The summed E-state index contributed by atoms with van der Waals surface area (Å²) in [6, 6.07) is 5.77. The molecule has 1 aliphatic heterocycles. The van der Waals surface area contributed by atoms with Gasteiger partial charge in [0, 0.05) is 11.5 Å². The van der Waals surface area contributed by atoms with Crippen molar-refractivity contribution >= 4 is 5.97 Å². The minimum atomic E-state index is -1.16. The largest absolute Gasteiger partial charge is 0.423 e. The molecule has 0 spiro atoms. The summed E-state index contributed by atoms with van der Waals surface area (Å²) in [5, 5.41) is 9.48. The van der Waals surface area contributed by atoms with Crippen molar-refractivity contribution in [2.75, 3.05) is 0 Å². The topological polar surface area (TPSA) is 46.5 Å². The minimum absolute atomic E-state index is 0.0405. The molecule has 138 valence electrons. The first-order chi connectivity index (χ1) is 12.2. The lowest BCUT2D eigenvalue weighted by atomic mass is 9.88. The van der Waals surface area contributed by atoms with Crippen LogP contribution in [0, 0.1) is 23.4 Å². The number of hydrogen-bond acceptors (Lipinski definition) is 3. The maximum atomic E-state index is 14.9. The average Bonchev–Trinajstić information content (AvgIpc) is 2.58. The molecule has 0 bridgehead atoms. The molecule has 0 amide bonds. The third-order valence-corrected chi connectivity index (χ3v) is 4.86. The van der Waals surface area contributed by atoms with Gasteiger partial charge < -0.3 is 9.84 Å². The van der Waals surface area contributed by atoms with Crippen LogP contribution in [0.15, 0.2) is 24.3 Å². The van der Waals surface area contributed by atoms with Gasteiger partial charge in [-0.25, -0.2) is 13.2 Å². The van der Waals surface area contributed by atoms with Gasteiger partial charge in [-0.05, 0) is 30.0 Å². The first kappa shape index (κ1) is 18.5. The molecule has 0 radical (unpaired) electrons. The fraction of sp³-hybridized carbons (Fsp3) is 0.350. The molecule has 0 saturated heterocycles. The van der Waals surface area contributed by atoms with Crippen molar-refractivity contribution in [3.63, 3.8) is 0 Å². The Morgan fingerprint density at radius 1 is 1.00 bits per heavy atom. The lowest BCUT2D eigenvalue weighted by molar-refractivity contribution is -0.139. The zero-order valence-corrected chi connectivity index (χ0v) is 14.6. The van der Waals surface area contributed by atoms with Gasteiger partial charge in [0.25, 0.3) is 0 Å². The van der Waals surface area contributed by atoms with Crippen LogP contribution in [0.4, 0.5) is 13.2 Å². The van der Waals surface area contributed by atoms with Crippen molar-refractivity contribution in [3.8, 4) is 5.75 Å². The molecule has 1 heterocycles. The van der Waals surface area contributed by atoms with Crippen molar-refractivity contribution in [2.45, 2.75) is 39.2 Å². The number of carbonyl (C=O) groups is 1. The Bertz CT molecular complexity index is 877. The number of fused-ring (bicyclic) bond motifs is 1. The molecule has 0 aliphatic carbocycles. The van der Waals surface area contributed by atoms with E-state index in [0.717, 1.165) is 0 Å². The number of aliphatic hydroxyl groups excluding tert-OH is 1. The zero-order valence-electron chi connectivity index (χ0n) is 14.6. The number of hydrogen-bond donors (Lipinski definition) is 1. The standard InChI is InChI=1S/C20H19F3O3/c1-9-8-12-4-5-14(18(23)19(12)26-20(9)25)10(2)13-6-7-15(11(3)24)17(22)16(13)21/h4-7,9-11,24H,8H2,1-3H3. The fourth-order valence-corrected chi connectivity index (χ4v) is 3.24. The number of aliphatic hydroxyl groups is 1. The second-order valence-electron chi connectivity index (χ2n) is 6.75. The number of benzene rings is 2. The highest BCUT2D eigenvalue weighted by atomic mass is 19.2. The molecular weight excluding hydrogens is 345 g/mol. The summed E-state index contributed by atoms with van der Waals surface area (Å²) in [5.41, 5.74) is 0.476. The number of halogens is 3. The summed E-state index contributed by atoms with van der Waals surface area (Å²) in [6.45, 7) is 4.57. The molecule has 6 heteroatoms. The highest BCUT2D eigenvalue weighted by Crippen LogP contribution is 2.38. The Hall–Kier alpha value is -2.34. The van der Waals surface area contributed by atoms with E-state index in [0.29, 0.717) is 12.0 Å². The van der Waals surface area contributed by atoms with E-state index in [2.05, 4.69) is 0 Å². The van der Waals surface area contributed by atoms with Crippen LogP contribution in [-0.2, 0) is 11.2 Å². The summed E-state index contributed by atoms with van der Waals surface area (Å²) in [4.78, 5) is 11.7. The fourth-order valence-electron chi connectivity index (χ4n) is 3.24. The number of ether oxygens (including phenoxy) is 1. The summed E-state index contributed by atoms with van der Waals surface area (Å²) in [5.74, 6) is -4.84. The van der Waals surface area contributed by atoms with Crippen LogP contribution in [0.3, 0.4) is 0 Å². The van der Waals surface area contributed by atoms with Gasteiger partial charge in [-0.15, -0.1) is 0 Å². The normalized spacial score (nSPS) is 18.9. The third-order valence-electron chi connectivity index (χ3n) is 4.86. The third kappa shape index (κ3) is 2.98. The predicted octanol–water partition coefficient (Wildman–Crippen LogP) is 4.41. The molecule has 2 aromatic carbocycles. The summed E-state index contributed by atoms with van der Waals surface area (Å²) < 4.78 is 48.6. The van der Waals surface area contributed by atoms with Crippen LogP contribution in [0.1, 0.15) is 55.0 Å². The molecule has 3 unspecified atom stereocenters. The van der Waals surface area contributed by atoms with Gasteiger partial charge in [-0.3, -0.25) is 4.79 Å². The molecule has 0 fully saturated rings. The van der Waals surface area contributed by atoms with Crippen LogP contribution >= 0.6 is 0 Å². The van der Waals surface area contributed by atoms with E-state index >= 15 is 0 Å². The number of carbonyl (C=O) groups excluding carboxylic acids is 1. The van der Waals surface area contributed by atoms with Crippen molar-refractivity contribution < 1.29 is 27.8 Å². The van der Waals surface area contributed by atoms with Crippen LogP contribution in [-0.4, -0.2) is 11.1 Å². The van der Waals surface area contributed by atoms with E-state index in [1.54, 1.807) is 13.0 Å². The van der Waals surface area contributed by atoms with E-state index in [1.165, 1.54) is 32.0 Å². The summed E-state index contributed by atoms with van der Waals surface area (Å²) in [6.07, 6.45) is -0.790. The maximum Gasteiger partial charge on any atom is 0.314 e. The molecule has 1 aliphatic rings. The number of esters is 1. The number of rotatable bonds is 3. The minimum Gasteiger partial charge on any atom is -0.423 e. The molecule has 3 atom stereocenters. The van der Waals surface area contributed by atoms with E-state index in [-0.39, 0.29) is 28.4 Å². The Labute approximate surface area is 149 Å².